The third-order valence-corrected chi connectivity index (χ3v) is 3.88. The summed E-state index contributed by atoms with van der Waals surface area (Å²) in [7, 11) is 0. The second-order valence-electron chi connectivity index (χ2n) is 4.87. The minimum atomic E-state index is -0.787. The van der Waals surface area contributed by atoms with E-state index < -0.39 is 16.6 Å². The van der Waals surface area contributed by atoms with E-state index in [4.69, 9.17) is 11.6 Å². The molecule has 0 atom stereocenters. The van der Waals surface area contributed by atoms with Crippen LogP contribution in [0.5, 0.6) is 0 Å². The topological polar surface area (TPSA) is 102 Å². The lowest BCUT2D eigenvalue weighted by molar-refractivity contribution is -0.390. The van der Waals surface area contributed by atoms with Gasteiger partial charge in [-0.15, -0.1) is 0 Å². The summed E-state index contributed by atoms with van der Waals surface area (Å²) in [5.41, 5.74) is 2.85. The predicted octanol–water partition coefficient (Wildman–Crippen LogP) is 3.42. The molecule has 0 spiro atoms. The van der Waals surface area contributed by atoms with E-state index >= 15 is 0 Å². The lowest BCUT2D eigenvalue weighted by Gasteiger charge is -1.98. The monoisotopic (exact) mass is 421 g/mol. The lowest BCUT2D eigenvalue weighted by Crippen LogP contribution is -2.19. The summed E-state index contributed by atoms with van der Waals surface area (Å²) < 4.78 is 1.84. The molecule has 0 saturated carbocycles. The summed E-state index contributed by atoms with van der Waals surface area (Å²) in [4.78, 5) is 26.9. The molecule has 8 nitrogen and oxygen atoms in total. The van der Waals surface area contributed by atoms with Gasteiger partial charge in [0.25, 0.3) is 5.91 Å². The number of nitro groups is 1. The van der Waals surface area contributed by atoms with E-state index in [2.05, 4.69) is 31.4 Å². The molecule has 0 bridgehead atoms. The van der Waals surface area contributed by atoms with Crippen LogP contribution in [0.15, 0.2) is 52.2 Å². The van der Waals surface area contributed by atoms with Gasteiger partial charge in [0, 0.05) is 11.1 Å². The zero-order valence-electron chi connectivity index (χ0n) is 12.4. The number of amides is 1. The van der Waals surface area contributed by atoms with Crippen molar-refractivity contribution >= 4 is 51.1 Å². The van der Waals surface area contributed by atoms with Gasteiger partial charge >= 0.3 is 5.82 Å². The number of carbonyl (C=O) groups excluding carboxylic acids is 1. The summed E-state index contributed by atoms with van der Waals surface area (Å²) in [6.07, 6.45) is 2.84. The number of imidazole rings is 1. The maximum absolute atomic E-state index is 12.2. The molecule has 3 aromatic rings. The van der Waals surface area contributed by atoms with Crippen molar-refractivity contribution in [3.63, 3.8) is 0 Å². The Hall–Kier alpha value is -2.78. The van der Waals surface area contributed by atoms with Gasteiger partial charge in [0.15, 0.2) is 0 Å². The molecule has 0 saturated heterocycles. The molecule has 10 heteroatoms. The number of carbonyl (C=O) groups is 1. The van der Waals surface area contributed by atoms with Gasteiger partial charge in [-0.3, -0.25) is 4.79 Å². The first kappa shape index (κ1) is 17.1. The summed E-state index contributed by atoms with van der Waals surface area (Å²) in [6, 6.07) is 10.1. The van der Waals surface area contributed by atoms with Crippen molar-refractivity contribution in [2.24, 2.45) is 5.10 Å². The molecule has 1 amide bonds. The summed E-state index contributed by atoms with van der Waals surface area (Å²) in [6.45, 7) is 0. The zero-order chi connectivity index (χ0) is 18.0. The molecule has 3 rings (SSSR count). The van der Waals surface area contributed by atoms with Gasteiger partial charge in [-0.05, 0) is 44.6 Å². The minimum Gasteiger partial charge on any atom is -0.358 e. The highest BCUT2D eigenvalue weighted by molar-refractivity contribution is 9.10. The molecule has 0 aliphatic heterocycles. The first-order chi connectivity index (χ1) is 12.0. The lowest BCUT2D eigenvalue weighted by atomic mass is 10.2. The minimum absolute atomic E-state index is 0.277. The van der Waals surface area contributed by atoms with Gasteiger partial charge in [-0.1, -0.05) is 23.7 Å². The number of aromatic nitrogens is 2. The van der Waals surface area contributed by atoms with Crippen molar-refractivity contribution < 1.29 is 9.72 Å². The van der Waals surface area contributed by atoms with Crippen LogP contribution in [-0.2, 0) is 0 Å². The SMILES string of the molecule is O=C(N/N=C/c1cccc(Cl)c1)c1nc2ccc(Br)cn2c1[N+](=O)[O-]. The summed E-state index contributed by atoms with van der Waals surface area (Å²) in [5, 5.41) is 15.6. The maximum atomic E-state index is 12.2. The standard InChI is InChI=1S/C15H9BrClN5O3/c16-10-4-5-12-19-13(15(22(24)25)21(12)8-10)14(23)20-18-7-9-2-1-3-11(17)6-9/h1-8H,(H,20,23)/b18-7+. The van der Waals surface area contributed by atoms with Crippen LogP contribution < -0.4 is 5.43 Å². The molecule has 0 aliphatic rings. The van der Waals surface area contributed by atoms with Crippen LogP contribution in [0.3, 0.4) is 0 Å². The van der Waals surface area contributed by atoms with Crippen LogP contribution in [0, 0.1) is 10.1 Å². The number of halogens is 2. The highest BCUT2D eigenvalue weighted by Crippen LogP contribution is 2.23. The van der Waals surface area contributed by atoms with Crippen LogP contribution in [0.25, 0.3) is 5.65 Å². The molecule has 126 valence electrons. The van der Waals surface area contributed by atoms with E-state index in [0.717, 1.165) is 0 Å². The number of nitrogens with one attached hydrogen (secondary N) is 1. The fraction of sp³-hybridized carbons (Fsp3) is 0. The number of benzene rings is 1. The quantitative estimate of drug-likeness (QED) is 0.395. The van der Waals surface area contributed by atoms with Gasteiger partial charge in [-0.25, -0.2) is 5.43 Å². The molecule has 0 radical (unpaired) electrons. The van der Waals surface area contributed by atoms with E-state index in [1.165, 1.54) is 16.8 Å². The van der Waals surface area contributed by atoms with E-state index in [1.807, 2.05) is 0 Å². The Morgan fingerprint density at radius 1 is 1.40 bits per heavy atom. The zero-order valence-corrected chi connectivity index (χ0v) is 14.7. The molecule has 2 heterocycles. The second-order valence-corrected chi connectivity index (χ2v) is 6.22. The Bertz CT molecular complexity index is 1020. The first-order valence-corrected chi connectivity index (χ1v) is 8.04. The third kappa shape index (κ3) is 3.67. The van der Waals surface area contributed by atoms with Gasteiger partial charge in [0.1, 0.15) is 6.20 Å². The van der Waals surface area contributed by atoms with Gasteiger partial charge in [-0.2, -0.15) is 14.5 Å². The molecule has 1 N–H and O–H groups in total. The number of rotatable bonds is 4. The van der Waals surface area contributed by atoms with Crippen LogP contribution >= 0.6 is 27.5 Å². The average Bonchev–Trinajstić information content (AvgIpc) is 2.93. The van der Waals surface area contributed by atoms with Crippen LogP contribution in [0.2, 0.25) is 5.02 Å². The molecule has 0 aliphatic carbocycles. The van der Waals surface area contributed by atoms with Crippen molar-refractivity contribution in [1.82, 2.24) is 14.8 Å². The Balaban J connectivity index is 1.89. The summed E-state index contributed by atoms with van der Waals surface area (Å²) >= 11 is 9.08. The number of hydrazone groups is 1. The molecule has 0 fully saturated rings. The molecular weight excluding hydrogens is 414 g/mol. The molecule has 0 unspecified atom stereocenters. The van der Waals surface area contributed by atoms with Crippen LogP contribution in [0.1, 0.15) is 16.1 Å². The van der Waals surface area contributed by atoms with Gasteiger partial charge in [0.05, 0.1) is 10.7 Å². The van der Waals surface area contributed by atoms with Crippen molar-refractivity contribution in [1.29, 1.82) is 0 Å². The van der Waals surface area contributed by atoms with Crippen LogP contribution in [-0.4, -0.2) is 26.4 Å². The Morgan fingerprint density at radius 3 is 2.92 bits per heavy atom. The third-order valence-electron chi connectivity index (χ3n) is 3.17. The number of hydrogen-bond acceptors (Lipinski definition) is 5. The van der Waals surface area contributed by atoms with Gasteiger partial charge in [0.2, 0.25) is 11.3 Å². The highest BCUT2D eigenvalue weighted by atomic mass is 79.9. The number of nitrogens with zero attached hydrogens (tertiary/aromatic N) is 4. The number of fused-ring (bicyclic) bond motifs is 1. The normalized spacial score (nSPS) is 11.1. The van der Waals surface area contributed by atoms with Crippen LogP contribution in [0.4, 0.5) is 5.82 Å². The van der Waals surface area contributed by atoms with Crippen molar-refractivity contribution in [2.45, 2.75) is 0 Å². The van der Waals surface area contributed by atoms with Crippen molar-refractivity contribution in [2.75, 3.05) is 0 Å². The molecule has 2 aromatic heterocycles. The average molecular weight is 423 g/mol. The van der Waals surface area contributed by atoms with E-state index in [-0.39, 0.29) is 11.3 Å². The predicted molar refractivity (Wildman–Crippen MR) is 96.1 cm³/mol. The van der Waals surface area contributed by atoms with Crippen molar-refractivity contribution in [3.8, 4) is 0 Å². The fourth-order valence-electron chi connectivity index (χ4n) is 2.14. The highest BCUT2D eigenvalue weighted by Gasteiger charge is 2.28. The molecule has 1 aromatic carbocycles. The maximum Gasteiger partial charge on any atom is 0.361 e. The summed E-state index contributed by atoms with van der Waals surface area (Å²) in [5.74, 6) is -1.23. The Morgan fingerprint density at radius 2 is 2.20 bits per heavy atom. The Labute approximate surface area is 154 Å². The van der Waals surface area contributed by atoms with Gasteiger partial charge < -0.3 is 10.1 Å². The molecular formula is C15H9BrClN5O3. The van der Waals surface area contributed by atoms with Crippen molar-refractivity contribution in [3.05, 3.63) is 73.5 Å². The fourth-order valence-corrected chi connectivity index (χ4v) is 2.67. The van der Waals surface area contributed by atoms with E-state index in [0.29, 0.717) is 15.1 Å². The molecule has 25 heavy (non-hydrogen) atoms. The number of pyridine rings is 1. The second kappa shape index (κ2) is 6.99. The Kier molecular flexibility index (Phi) is 4.77. The van der Waals surface area contributed by atoms with E-state index in [9.17, 15) is 14.9 Å². The van der Waals surface area contributed by atoms with E-state index in [1.54, 1.807) is 36.4 Å². The smallest absolute Gasteiger partial charge is 0.358 e. The first-order valence-electron chi connectivity index (χ1n) is 6.86. The largest absolute Gasteiger partial charge is 0.361 e. The number of hydrogen-bond donors (Lipinski definition) is 1.